The van der Waals surface area contributed by atoms with Crippen LogP contribution < -0.4 is 0 Å². The summed E-state index contributed by atoms with van der Waals surface area (Å²) in [6.45, 7) is 4.57. The Morgan fingerprint density at radius 1 is 1.11 bits per heavy atom. The minimum atomic E-state index is -0.461. The van der Waals surface area contributed by atoms with E-state index in [1.54, 1.807) is 0 Å². The second kappa shape index (κ2) is 5.01. The Hall–Kier alpha value is -1.28. The third-order valence-corrected chi connectivity index (χ3v) is 4.40. The van der Waals surface area contributed by atoms with E-state index in [0.29, 0.717) is 17.8 Å². The molecule has 0 aliphatic heterocycles. The Labute approximate surface area is 114 Å². The van der Waals surface area contributed by atoms with Crippen LogP contribution in [0.15, 0.2) is 34.7 Å². The highest BCUT2D eigenvalue weighted by molar-refractivity contribution is 5.77. The Kier molecular flexibility index (Phi) is 3.36. The molecule has 1 aliphatic rings. The molecule has 1 aromatic heterocycles. The molecule has 3 rings (SSSR count). The molecule has 2 heteroatoms. The molecule has 1 fully saturated rings. The highest BCUT2D eigenvalue weighted by atomic mass is 16.4. The van der Waals surface area contributed by atoms with Gasteiger partial charge in [-0.3, -0.25) is 0 Å². The standard InChI is InChI=1S/C17H22O2/c1-11-7-12(2)9-14(8-11)17(18)16-10-13-5-3-4-6-15(13)19-16/h3-6,10-12,14,17-18H,7-9H2,1-2H3. The predicted octanol–water partition coefficient (Wildman–Crippen LogP) is 4.54. The largest absolute Gasteiger partial charge is 0.458 e. The predicted molar refractivity (Wildman–Crippen MR) is 76.8 cm³/mol. The molecule has 1 aromatic carbocycles. The molecule has 1 saturated carbocycles. The van der Waals surface area contributed by atoms with Gasteiger partial charge >= 0.3 is 0 Å². The molecule has 1 aliphatic carbocycles. The fourth-order valence-electron chi connectivity index (χ4n) is 3.65. The first-order chi connectivity index (χ1) is 9.13. The first kappa shape index (κ1) is 12.7. The molecule has 2 aromatic rings. The number of benzene rings is 1. The van der Waals surface area contributed by atoms with E-state index in [1.165, 1.54) is 6.42 Å². The van der Waals surface area contributed by atoms with E-state index in [1.807, 2.05) is 30.3 Å². The summed E-state index contributed by atoms with van der Waals surface area (Å²) >= 11 is 0. The van der Waals surface area contributed by atoms with Crippen LogP contribution in [0.1, 0.15) is 45.0 Å². The molecular formula is C17H22O2. The molecule has 0 amide bonds. The van der Waals surface area contributed by atoms with E-state index in [-0.39, 0.29) is 0 Å². The van der Waals surface area contributed by atoms with Crippen molar-refractivity contribution in [2.75, 3.05) is 0 Å². The first-order valence-electron chi connectivity index (χ1n) is 7.30. The lowest BCUT2D eigenvalue weighted by Gasteiger charge is -2.33. The summed E-state index contributed by atoms with van der Waals surface area (Å²) in [7, 11) is 0. The van der Waals surface area contributed by atoms with Gasteiger partial charge in [0, 0.05) is 5.39 Å². The Balaban J connectivity index is 1.84. The summed E-state index contributed by atoms with van der Waals surface area (Å²) in [5.74, 6) is 2.47. The fourth-order valence-corrected chi connectivity index (χ4v) is 3.65. The monoisotopic (exact) mass is 258 g/mol. The maximum absolute atomic E-state index is 10.6. The molecule has 0 saturated heterocycles. The van der Waals surface area contributed by atoms with E-state index in [0.717, 1.165) is 29.6 Å². The zero-order valence-corrected chi connectivity index (χ0v) is 11.7. The topological polar surface area (TPSA) is 33.4 Å². The van der Waals surface area contributed by atoms with Crippen molar-refractivity contribution < 1.29 is 9.52 Å². The molecule has 0 bridgehead atoms. The third kappa shape index (κ3) is 2.55. The van der Waals surface area contributed by atoms with Crippen molar-refractivity contribution in [3.05, 3.63) is 36.1 Å². The number of para-hydroxylation sites is 1. The van der Waals surface area contributed by atoms with Crippen molar-refractivity contribution in [1.29, 1.82) is 0 Å². The van der Waals surface area contributed by atoms with Crippen LogP contribution >= 0.6 is 0 Å². The van der Waals surface area contributed by atoms with Gasteiger partial charge in [0.25, 0.3) is 0 Å². The molecule has 1 heterocycles. The third-order valence-electron chi connectivity index (χ3n) is 4.40. The van der Waals surface area contributed by atoms with Gasteiger partial charge in [0.15, 0.2) is 0 Å². The maximum atomic E-state index is 10.6. The van der Waals surface area contributed by atoms with Gasteiger partial charge < -0.3 is 9.52 Å². The quantitative estimate of drug-likeness (QED) is 0.858. The van der Waals surface area contributed by atoms with Gasteiger partial charge in [0.2, 0.25) is 0 Å². The Morgan fingerprint density at radius 2 is 1.79 bits per heavy atom. The first-order valence-corrected chi connectivity index (χ1v) is 7.30. The molecule has 2 nitrogen and oxygen atoms in total. The SMILES string of the molecule is CC1CC(C)CC(C(O)c2cc3ccccc3o2)C1. The van der Waals surface area contributed by atoms with Crippen LogP contribution in [0.3, 0.4) is 0 Å². The summed E-state index contributed by atoms with van der Waals surface area (Å²) < 4.78 is 5.80. The van der Waals surface area contributed by atoms with E-state index < -0.39 is 6.10 Å². The van der Waals surface area contributed by atoms with Gasteiger partial charge in [0.1, 0.15) is 17.4 Å². The van der Waals surface area contributed by atoms with Crippen LogP contribution in [0.25, 0.3) is 11.0 Å². The van der Waals surface area contributed by atoms with Crippen molar-refractivity contribution in [1.82, 2.24) is 0 Å². The molecule has 1 N–H and O–H groups in total. The van der Waals surface area contributed by atoms with Gasteiger partial charge in [-0.15, -0.1) is 0 Å². The maximum Gasteiger partial charge on any atom is 0.134 e. The molecule has 0 radical (unpaired) electrons. The van der Waals surface area contributed by atoms with Gasteiger partial charge in [-0.2, -0.15) is 0 Å². The minimum absolute atomic E-state index is 0.333. The summed E-state index contributed by atoms with van der Waals surface area (Å²) in [6.07, 6.45) is 3.02. The van der Waals surface area contributed by atoms with Gasteiger partial charge in [-0.25, -0.2) is 0 Å². The molecule has 3 unspecified atom stereocenters. The lowest BCUT2D eigenvalue weighted by atomic mass is 9.74. The number of furan rings is 1. The lowest BCUT2D eigenvalue weighted by Crippen LogP contribution is -2.24. The van der Waals surface area contributed by atoms with Crippen molar-refractivity contribution >= 4 is 11.0 Å². The Bertz CT molecular complexity index is 514. The van der Waals surface area contributed by atoms with Crippen LogP contribution in [0.5, 0.6) is 0 Å². The van der Waals surface area contributed by atoms with Crippen molar-refractivity contribution in [2.24, 2.45) is 17.8 Å². The van der Waals surface area contributed by atoms with Crippen molar-refractivity contribution in [3.63, 3.8) is 0 Å². The summed E-state index contributed by atoms with van der Waals surface area (Å²) in [6, 6.07) is 9.94. The second-order valence-corrected chi connectivity index (χ2v) is 6.31. The number of aliphatic hydroxyl groups is 1. The summed E-state index contributed by atoms with van der Waals surface area (Å²) in [4.78, 5) is 0. The van der Waals surface area contributed by atoms with Gasteiger partial charge in [0.05, 0.1) is 0 Å². The van der Waals surface area contributed by atoms with Crippen LogP contribution in [0.4, 0.5) is 0 Å². The average Bonchev–Trinajstić information content (AvgIpc) is 2.80. The highest BCUT2D eigenvalue weighted by Crippen LogP contribution is 2.40. The number of fused-ring (bicyclic) bond motifs is 1. The number of hydrogen-bond donors (Lipinski definition) is 1. The molecule has 3 atom stereocenters. The van der Waals surface area contributed by atoms with Gasteiger partial charge in [-0.1, -0.05) is 32.0 Å². The van der Waals surface area contributed by atoms with E-state index in [4.69, 9.17) is 4.42 Å². The smallest absolute Gasteiger partial charge is 0.134 e. The van der Waals surface area contributed by atoms with E-state index >= 15 is 0 Å². The Morgan fingerprint density at radius 3 is 2.47 bits per heavy atom. The number of rotatable bonds is 2. The molecular weight excluding hydrogens is 236 g/mol. The molecule has 102 valence electrons. The normalized spacial score (nSPS) is 29.5. The molecule has 0 spiro atoms. The summed E-state index contributed by atoms with van der Waals surface area (Å²) in [5, 5.41) is 11.7. The highest BCUT2D eigenvalue weighted by Gasteiger charge is 2.31. The zero-order valence-electron chi connectivity index (χ0n) is 11.7. The minimum Gasteiger partial charge on any atom is -0.458 e. The van der Waals surface area contributed by atoms with Crippen molar-refractivity contribution in [2.45, 2.75) is 39.2 Å². The van der Waals surface area contributed by atoms with Crippen LogP contribution in [0, 0.1) is 17.8 Å². The summed E-state index contributed by atoms with van der Waals surface area (Å²) in [5.41, 5.74) is 0.869. The van der Waals surface area contributed by atoms with Crippen LogP contribution in [0.2, 0.25) is 0 Å². The van der Waals surface area contributed by atoms with E-state index in [9.17, 15) is 5.11 Å². The average molecular weight is 258 g/mol. The number of hydrogen-bond acceptors (Lipinski definition) is 2. The molecule has 19 heavy (non-hydrogen) atoms. The fraction of sp³-hybridized carbons (Fsp3) is 0.529. The van der Waals surface area contributed by atoms with Crippen molar-refractivity contribution in [3.8, 4) is 0 Å². The number of aliphatic hydroxyl groups excluding tert-OH is 1. The second-order valence-electron chi connectivity index (χ2n) is 6.31. The zero-order chi connectivity index (χ0) is 13.4. The van der Waals surface area contributed by atoms with Crippen LogP contribution in [-0.2, 0) is 0 Å². The van der Waals surface area contributed by atoms with E-state index in [2.05, 4.69) is 13.8 Å². The van der Waals surface area contributed by atoms with Crippen LogP contribution in [-0.4, -0.2) is 5.11 Å². The van der Waals surface area contributed by atoms with Gasteiger partial charge in [-0.05, 0) is 49.1 Å². The lowest BCUT2D eigenvalue weighted by molar-refractivity contribution is 0.0408.